The standard InChI is InChI=1S/C16H24BrNOS/c1-2-18-16(13-6-4-3-5-7-13)12-20(19)15-10-8-14(17)9-11-15/h8-11,13,16,18H,2-7,12H2,1H3. The van der Waals surface area contributed by atoms with Crippen molar-refractivity contribution in [1.82, 2.24) is 5.32 Å². The van der Waals surface area contributed by atoms with Crippen LogP contribution in [0.2, 0.25) is 0 Å². The monoisotopic (exact) mass is 357 g/mol. The van der Waals surface area contributed by atoms with Crippen LogP contribution >= 0.6 is 15.9 Å². The van der Waals surface area contributed by atoms with E-state index in [1.165, 1.54) is 32.1 Å². The highest BCUT2D eigenvalue weighted by Crippen LogP contribution is 2.27. The third kappa shape index (κ3) is 4.68. The van der Waals surface area contributed by atoms with Gasteiger partial charge in [-0.1, -0.05) is 42.1 Å². The van der Waals surface area contributed by atoms with Crippen molar-refractivity contribution >= 4 is 26.7 Å². The van der Waals surface area contributed by atoms with Crippen molar-refractivity contribution in [1.29, 1.82) is 0 Å². The Hall–Kier alpha value is -0.190. The van der Waals surface area contributed by atoms with Gasteiger partial charge in [-0.15, -0.1) is 0 Å². The molecule has 4 heteroatoms. The zero-order valence-corrected chi connectivity index (χ0v) is 14.5. The van der Waals surface area contributed by atoms with Gasteiger partial charge in [-0.2, -0.15) is 0 Å². The van der Waals surface area contributed by atoms with Gasteiger partial charge in [0.05, 0.1) is 10.8 Å². The van der Waals surface area contributed by atoms with E-state index in [-0.39, 0.29) is 0 Å². The SMILES string of the molecule is CCNC(CS(=O)c1ccc(Br)cc1)C1CCCCC1. The maximum Gasteiger partial charge on any atom is 0.0545 e. The summed E-state index contributed by atoms with van der Waals surface area (Å²) in [6.07, 6.45) is 6.60. The van der Waals surface area contributed by atoms with Crippen LogP contribution in [-0.4, -0.2) is 22.5 Å². The molecule has 1 aromatic rings. The van der Waals surface area contributed by atoms with Crippen LogP contribution in [0.1, 0.15) is 39.0 Å². The highest BCUT2D eigenvalue weighted by Gasteiger charge is 2.24. The Kier molecular flexibility index (Phi) is 6.72. The van der Waals surface area contributed by atoms with Crippen LogP contribution in [0.15, 0.2) is 33.6 Å². The summed E-state index contributed by atoms with van der Waals surface area (Å²) in [5.41, 5.74) is 0. The third-order valence-electron chi connectivity index (χ3n) is 4.09. The molecule has 112 valence electrons. The molecule has 1 aliphatic carbocycles. The summed E-state index contributed by atoms with van der Waals surface area (Å²) in [7, 11) is -0.908. The van der Waals surface area contributed by atoms with Gasteiger partial charge in [0.1, 0.15) is 0 Å². The Morgan fingerprint density at radius 3 is 2.50 bits per heavy atom. The molecule has 2 nitrogen and oxygen atoms in total. The van der Waals surface area contributed by atoms with Gasteiger partial charge in [-0.3, -0.25) is 4.21 Å². The lowest BCUT2D eigenvalue weighted by Gasteiger charge is -2.30. The van der Waals surface area contributed by atoms with Gasteiger partial charge >= 0.3 is 0 Å². The van der Waals surface area contributed by atoms with E-state index in [4.69, 9.17) is 0 Å². The van der Waals surface area contributed by atoms with Crippen molar-refractivity contribution in [2.45, 2.75) is 50.0 Å². The normalized spacial score (nSPS) is 19.7. The van der Waals surface area contributed by atoms with Crippen molar-refractivity contribution in [2.75, 3.05) is 12.3 Å². The second-order valence-electron chi connectivity index (χ2n) is 5.53. The van der Waals surface area contributed by atoms with E-state index in [2.05, 4.69) is 28.2 Å². The number of rotatable bonds is 6. The molecule has 2 atom stereocenters. The van der Waals surface area contributed by atoms with Crippen LogP contribution in [-0.2, 0) is 10.8 Å². The van der Waals surface area contributed by atoms with Crippen LogP contribution in [0.25, 0.3) is 0 Å². The van der Waals surface area contributed by atoms with Gasteiger partial charge in [-0.25, -0.2) is 0 Å². The molecule has 0 spiro atoms. The Bertz CT molecular complexity index is 429. The van der Waals surface area contributed by atoms with Crippen LogP contribution in [0.5, 0.6) is 0 Å². The molecular formula is C16H24BrNOS. The van der Waals surface area contributed by atoms with Crippen LogP contribution in [0.4, 0.5) is 0 Å². The fourth-order valence-corrected chi connectivity index (χ4v) is 4.62. The Balaban J connectivity index is 1.99. The fraction of sp³-hybridized carbons (Fsp3) is 0.625. The zero-order valence-electron chi connectivity index (χ0n) is 12.1. The Morgan fingerprint density at radius 1 is 1.25 bits per heavy atom. The van der Waals surface area contributed by atoms with E-state index in [1.54, 1.807) is 0 Å². The van der Waals surface area contributed by atoms with E-state index in [0.717, 1.165) is 21.7 Å². The Labute approximate surface area is 133 Å². The van der Waals surface area contributed by atoms with E-state index >= 15 is 0 Å². The lowest BCUT2D eigenvalue weighted by atomic mass is 9.84. The molecule has 0 heterocycles. The first-order chi connectivity index (χ1) is 9.70. The summed E-state index contributed by atoms with van der Waals surface area (Å²) in [6.45, 7) is 3.09. The van der Waals surface area contributed by atoms with Gasteiger partial charge in [0.2, 0.25) is 0 Å². The zero-order chi connectivity index (χ0) is 14.4. The molecular weight excluding hydrogens is 334 g/mol. The predicted octanol–water partition coefficient (Wildman–Crippen LogP) is 4.12. The highest BCUT2D eigenvalue weighted by molar-refractivity contribution is 9.10. The average Bonchev–Trinajstić information content (AvgIpc) is 2.48. The molecule has 1 aliphatic rings. The van der Waals surface area contributed by atoms with Gasteiger partial charge in [-0.05, 0) is 49.6 Å². The molecule has 2 rings (SSSR count). The summed E-state index contributed by atoms with van der Waals surface area (Å²) < 4.78 is 13.6. The molecule has 0 radical (unpaired) electrons. The summed E-state index contributed by atoms with van der Waals surface area (Å²) in [4.78, 5) is 0.937. The van der Waals surface area contributed by atoms with Crippen LogP contribution < -0.4 is 5.32 Å². The highest BCUT2D eigenvalue weighted by atomic mass is 79.9. The maximum atomic E-state index is 12.5. The first kappa shape index (κ1) is 16.2. The molecule has 0 amide bonds. The largest absolute Gasteiger partial charge is 0.313 e. The molecule has 1 fully saturated rings. The van der Waals surface area contributed by atoms with Crippen molar-refractivity contribution in [2.24, 2.45) is 5.92 Å². The maximum absolute atomic E-state index is 12.5. The molecule has 0 aromatic heterocycles. The Morgan fingerprint density at radius 2 is 1.90 bits per heavy atom. The average molecular weight is 358 g/mol. The fourth-order valence-electron chi connectivity index (χ4n) is 3.01. The van der Waals surface area contributed by atoms with Gasteiger partial charge in [0.15, 0.2) is 0 Å². The minimum absolute atomic E-state index is 0.393. The molecule has 0 saturated heterocycles. The minimum atomic E-state index is -0.908. The van der Waals surface area contributed by atoms with Gasteiger partial charge < -0.3 is 5.32 Å². The summed E-state index contributed by atoms with van der Waals surface area (Å²) in [6, 6.07) is 8.25. The van der Waals surface area contributed by atoms with Gasteiger partial charge in [0, 0.05) is 21.2 Å². The molecule has 2 unspecified atom stereocenters. The molecule has 1 aromatic carbocycles. The van der Waals surface area contributed by atoms with E-state index in [0.29, 0.717) is 12.0 Å². The quantitative estimate of drug-likeness (QED) is 0.829. The first-order valence-electron chi connectivity index (χ1n) is 7.58. The second kappa shape index (κ2) is 8.30. The third-order valence-corrected chi connectivity index (χ3v) is 6.08. The van der Waals surface area contributed by atoms with Crippen molar-refractivity contribution in [3.05, 3.63) is 28.7 Å². The summed E-state index contributed by atoms with van der Waals surface area (Å²) >= 11 is 3.42. The second-order valence-corrected chi connectivity index (χ2v) is 7.94. The first-order valence-corrected chi connectivity index (χ1v) is 9.69. The molecule has 20 heavy (non-hydrogen) atoms. The molecule has 0 bridgehead atoms. The number of hydrogen-bond acceptors (Lipinski definition) is 2. The number of hydrogen-bond donors (Lipinski definition) is 1. The summed E-state index contributed by atoms with van der Waals surface area (Å²) in [5.74, 6) is 1.43. The predicted molar refractivity (Wildman–Crippen MR) is 89.5 cm³/mol. The lowest BCUT2D eigenvalue weighted by Crippen LogP contribution is -2.41. The van der Waals surface area contributed by atoms with E-state index < -0.39 is 10.8 Å². The van der Waals surface area contributed by atoms with E-state index in [1.807, 2.05) is 24.3 Å². The number of nitrogens with one attached hydrogen (secondary N) is 1. The van der Waals surface area contributed by atoms with E-state index in [9.17, 15) is 4.21 Å². The molecule has 1 saturated carbocycles. The minimum Gasteiger partial charge on any atom is -0.313 e. The van der Waals surface area contributed by atoms with Crippen molar-refractivity contribution in [3.8, 4) is 0 Å². The molecule has 1 N–H and O–H groups in total. The summed E-state index contributed by atoms with van der Waals surface area (Å²) in [5, 5.41) is 3.56. The number of benzene rings is 1. The lowest BCUT2D eigenvalue weighted by molar-refractivity contribution is 0.287. The van der Waals surface area contributed by atoms with Crippen molar-refractivity contribution in [3.63, 3.8) is 0 Å². The van der Waals surface area contributed by atoms with Crippen LogP contribution in [0.3, 0.4) is 0 Å². The van der Waals surface area contributed by atoms with Gasteiger partial charge in [0.25, 0.3) is 0 Å². The molecule has 0 aliphatic heterocycles. The van der Waals surface area contributed by atoms with Crippen molar-refractivity contribution < 1.29 is 4.21 Å². The number of halogens is 1. The smallest absolute Gasteiger partial charge is 0.0545 e. The topological polar surface area (TPSA) is 29.1 Å². The van der Waals surface area contributed by atoms with Crippen LogP contribution in [0, 0.1) is 5.92 Å².